The maximum absolute atomic E-state index is 12.2. The molecule has 0 spiro atoms. The summed E-state index contributed by atoms with van der Waals surface area (Å²) in [7, 11) is -4.07. The minimum absolute atomic E-state index is 0.00553. The van der Waals surface area contributed by atoms with Crippen LogP contribution in [-0.4, -0.2) is 37.6 Å². The topological polar surface area (TPSA) is 133 Å². The van der Waals surface area contributed by atoms with Gasteiger partial charge in [-0.05, 0) is 18.2 Å². The van der Waals surface area contributed by atoms with Crippen molar-refractivity contribution in [3.05, 3.63) is 23.8 Å². The number of nitrogen functional groups attached to an aromatic ring is 1. The molecule has 0 fully saturated rings. The molecule has 9 heteroatoms. The molecule has 0 aromatic heterocycles. The number of nitriles is 1. The van der Waals surface area contributed by atoms with Crippen LogP contribution in [0.5, 0.6) is 0 Å². The van der Waals surface area contributed by atoms with Crippen LogP contribution >= 0.6 is 0 Å². The lowest BCUT2D eigenvalue weighted by Crippen LogP contribution is -2.40. The van der Waals surface area contributed by atoms with Gasteiger partial charge in [0.15, 0.2) is 0 Å². The Balaban J connectivity index is 2.22. The fraction of sp³-hybridized carbons (Fsp3) is 0.250. The summed E-state index contributed by atoms with van der Waals surface area (Å²) in [6.45, 7) is -0.529. The van der Waals surface area contributed by atoms with E-state index in [2.05, 4.69) is 5.32 Å². The maximum Gasteiger partial charge on any atom is 0.269 e. The molecule has 0 atom stereocenters. The number of hydrogen-bond donors (Lipinski definition) is 2. The van der Waals surface area contributed by atoms with Crippen molar-refractivity contribution in [2.24, 2.45) is 0 Å². The van der Waals surface area contributed by atoms with Gasteiger partial charge in [0.05, 0.1) is 18.1 Å². The Morgan fingerprint density at radius 3 is 2.81 bits per heavy atom. The van der Waals surface area contributed by atoms with Gasteiger partial charge in [-0.2, -0.15) is 5.26 Å². The van der Waals surface area contributed by atoms with Crippen LogP contribution in [0.3, 0.4) is 0 Å². The van der Waals surface area contributed by atoms with Crippen LogP contribution in [0.2, 0.25) is 0 Å². The number of carbonyl (C=O) groups is 2. The SMILES string of the molecule is N#CCCNC(=O)CN1C(=O)c2ccc(N)cc2S1(=O)=O. The number of anilines is 1. The van der Waals surface area contributed by atoms with E-state index >= 15 is 0 Å². The largest absolute Gasteiger partial charge is 0.399 e. The summed E-state index contributed by atoms with van der Waals surface area (Å²) in [5, 5.41) is 10.7. The third kappa shape index (κ3) is 2.66. The third-order valence-electron chi connectivity index (χ3n) is 2.88. The second kappa shape index (κ2) is 5.41. The Labute approximate surface area is 121 Å². The summed E-state index contributed by atoms with van der Waals surface area (Å²) < 4.78 is 25.0. The van der Waals surface area contributed by atoms with E-state index in [9.17, 15) is 18.0 Å². The van der Waals surface area contributed by atoms with Crippen LogP contribution in [-0.2, 0) is 14.8 Å². The molecule has 21 heavy (non-hydrogen) atoms. The average molecular weight is 308 g/mol. The molecule has 1 aliphatic heterocycles. The number of amides is 2. The molecule has 1 aliphatic rings. The lowest BCUT2D eigenvalue weighted by atomic mass is 10.2. The van der Waals surface area contributed by atoms with E-state index in [0.717, 1.165) is 0 Å². The summed E-state index contributed by atoms with van der Waals surface area (Å²) in [4.78, 5) is 23.5. The fourth-order valence-corrected chi connectivity index (χ4v) is 3.45. The minimum Gasteiger partial charge on any atom is -0.399 e. The number of rotatable bonds is 4. The van der Waals surface area contributed by atoms with Gasteiger partial charge >= 0.3 is 0 Å². The first-order valence-corrected chi connectivity index (χ1v) is 7.42. The molecule has 3 N–H and O–H groups in total. The van der Waals surface area contributed by atoms with Crippen LogP contribution in [0.15, 0.2) is 23.1 Å². The molecule has 0 unspecified atom stereocenters. The predicted octanol–water partition coefficient (Wildman–Crippen LogP) is -0.557. The molecule has 1 aromatic carbocycles. The Hall–Kier alpha value is -2.60. The molecule has 1 aromatic rings. The second-order valence-corrected chi connectivity index (χ2v) is 6.16. The highest BCUT2D eigenvalue weighted by atomic mass is 32.2. The zero-order chi connectivity index (χ0) is 15.6. The molecule has 0 saturated heterocycles. The Morgan fingerprint density at radius 1 is 1.43 bits per heavy atom. The molecule has 0 aliphatic carbocycles. The van der Waals surface area contributed by atoms with E-state index in [0.29, 0.717) is 4.31 Å². The number of nitrogens with two attached hydrogens (primary N) is 1. The first-order valence-electron chi connectivity index (χ1n) is 5.98. The number of fused-ring (bicyclic) bond motifs is 1. The van der Waals surface area contributed by atoms with Crippen LogP contribution in [0.4, 0.5) is 5.69 Å². The van der Waals surface area contributed by atoms with E-state index in [-0.39, 0.29) is 29.1 Å². The van der Waals surface area contributed by atoms with Crippen LogP contribution in [0, 0.1) is 11.3 Å². The normalized spacial score (nSPS) is 15.4. The van der Waals surface area contributed by atoms with Gasteiger partial charge in [0.2, 0.25) is 5.91 Å². The van der Waals surface area contributed by atoms with Crippen molar-refractivity contribution in [1.29, 1.82) is 5.26 Å². The first kappa shape index (κ1) is 14.8. The average Bonchev–Trinajstić information content (AvgIpc) is 2.60. The van der Waals surface area contributed by atoms with E-state index < -0.39 is 28.4 Å². The number of benzene rings is 1. The molecule has 1 heterocycles. The Kier molecular flexibility index (Phi) is 3.82. The van der Waals surface area contributed by atoms with Crippen molar-refractivity contribution >= 4 is 27.5 Å². The molecule has 2 rings (SSSR count). The predicted molar refractivity (Wildman–Crippen MR) is 72.3 cm³/mol. The highest BCUT2D eigenvalue weighted by Crippen LogP contribution is 2.31. The summed E-state index contributed by atoms with van der Waals surface area (Å²) in [5.41, 5.74) is 5.73. The van der Waals surface area contributed by atoms with Crippen molar-refractivity contribution in [3.8, 4) is 6.07 Å². The van der Waals surface area contributed by atoms with Gasteiger partial charge in [-0.15, -0.1) is 0 Å². The van der Waals surface area contributed by atoms with Crippen LogP contribution in [0.1, 0.15) is 16.8 Å². The minimum atomic E-state index is -4.07. The summed E-state index contributed by atoms with van der Waals surface area (Å²) in [6, 6.07) is 5.76. The molecule has 110 valence electrons. The first-order chi connectivity index (χ1) is 9.87. The monoisotopic (exact) mass is 308 g/mol. The second-order valence-electron chi connectivity index (χ2n) is 4.33. The van der Waals surface area contributed by atoms with Gasteiger partial charge in [-0.25, -0.2) is 12.7 Å². The van der Waals surface area contributed by atoms with Gasteiger partial charge in [-0.1, -0.05) is 0 Å². The fourth-order valence-electron chi connectivity index (χ4n) is 1.89. The van der Waals surface area contributed by atoms with Gasteiger partial charge in [0.1, 0.15) is 11.4 Å². The lowest BCUT2D eigenvalue weighted by molar-refractivity contribution is -0.120. The van der Waals surface area contributed by atoms with Gasteiger partial charge in [0.25, 0.3) is 15.9 Å². The Bertz CT molecular complexity index is 751. The molecule has 0 saturated carbocycles. The molecular formula is C12H12N4O4S. The molecule has 8 nitrogen and oxygen atoms in total. The van der Waals surface area contributed by atoms with Gasteiger partial charge in [-0.3, -0.25) is 9.59 Å². The number of hydrogen-bond acceptors (Lipinski definition) is 6. The zero-order valence-corrected chi connectivity index (χ0v) is 11.7. The third-order valence-corrected chi connectivity index (χ3v) is 4.65. The van der Waals surface area contributed by atoms with Crippen LogP contribution in [0.25, 0.3) is 0 Å². The molecule has 0 radical (unpaired) electrons. The smallest absolute Gasteiger partial charge is 0.269 e. The zero-order valence-electron chi connectivity index (χ0n) is 10.9. The van der Waals surface area contributed by atoms with Crippen molar-refractivity contribution in [2.75, 3.05) is 18.8 Å². The quantitative estimate of drug-likeness (QED) is 0.566. The van der Waals surface area contributed by atoms with Crippen LogP contribution < -0.4 is 11.1 Å². The van der Waals surface area contributed by atoms with E-state index in [1.165, 1.54) is 18.2 Å². The van der Waals surface area contributed by atoms with Crippen molar-refractivity contribution < 1.29 is 18.0 Å². The van der Waals surface area contributed by atoms with E-state index in [4.69, 9.17) is 11.0 Å². The summed E-state index contributed by atoms with van der Waals surface area (Å²) in [6.07, 6.45) is 0.100. The Morgan fingerprint density at radius 2 is 2.14 bits per heavy atom. The van der Waals surface area contributed by atoms with Crippen molar-refractivity contribution in [2.45, 2.75) is 11.3 Å². The number of sulfonamides is 1. The number of nitrogens with zero attached hydrogens (tertiary/aromatic N) is 2. The summed E-state index contributed by atoms with van der Waals surface area (Å²) >= 11 is 0. The highest BCUT2D eigenvalue weighted by Gasteiger charge is 2.42. The van der Waals surface area contributed by atoms with Crippen molar-refractivity contribution in [3.63, 3.8) is 0 Å². The molecular weight excluding hydrogens is 296 g/mol. The number of carbonyl (C=O) groups excluding carboxylic acids is 2. The lowest BCUT2D eigenvalue weighted by Gasteiger charge is -2.14. The van der Waals surface area contributed by atoms with Gasteiger partial charge in [0, 0.05) is 12.2 Å². The van der Waals surface area contributed by atoms with E-state index in [1.54, 1.807) is 0 Å². The maximum atomic E-state index is 12.2. The van der Waals surface area contributed by atoms with E-state index in [1.807, 2.05) is 6.07 Å². The molecule has 0 bridgehead atoms. The standard InChI is InChI=1S/C12H12N4O4S/c13-4-1-5-15-11(17)7-16-12(18)9-3-2-8(14)6-10(9)21(16,19)20/h2-3,6H,1,5,7,14H2,(H,15,17). The molecule has 2 amide bonds. The van der Waals surface area contributed by atoms with Gasteiger partial charge < -0.3 is 11.1 Å². The summed E-state index contributed by atoms with van der Waals surface area (Å²) in [5.74, 6) is -1.41. The highest BCUT2D eigenvalue weighted by molar-refractivity contribution is 7.90. The number of nitrogens with one attached hydrogen (secondary N) is 1. The van der Waals surface area contributed by atoms with Crippen molar-refractivity contribution in [1.82, 2.24) is 9.62 Å².